The minimum absolute atomic E-state index is 0.0405. The summed E-state index contributed by atoms with van der Waals surface area (Å²) in [6.07, 6.45) is 4.83. The molecule has 1 N–H and O–H groups in total. The maximum atomic E-state index is 10.5. The second-order valence-electron chi connectivity index (χ2n) is 3.53. The summed E-state index contributed by atoms with van der Waals surface area (Å²) in [5.41, 5.74) is 0. The van der Waals surface area contributed by atoms with Gasteiger partial charge in [-0.1, -0.05) is 0 Å². The second-order valence-corrected chi connectivity index (χ2v) is 4.54. The lowest BCUT2D eigenvalue weighted by atomic mass is 10.3. The predicted molar refractivity (Wildman–Crippen MR) is 64.1 cm³/mol. The normalized spacial score (nSPS) is 12.3. The van der Waals surface area contributed by atoms with Crippen LogP contribution in [-0.2, 0) is 6.54 Å². The predicted octanol–water partition coefficient (Wildman–Crippen LogP) is 1.75. The molecule has 2 aromatic heterocycles. The number of nitro groups is 1. The van der Waals surface area contributed by atoms with Gasteiger partial charge in [-0.05, 0) is 24.3 Å². The molecule has 0 saturated heterocycles. The Morgan fingerprint density at radius 3 is 3.12 bits per heavy atom. The molecule has 2 rings (SSSR count). The Bertz CT molecular complexity index is 495. The molecular weight excluding hydrogens is 242 g/mol. The van der Waals surface area contributed by atoms with Gasteiger partial charge in [-0.15, -0.1) is 0 Å². The van der Waals surface area contributed by atoms with E-state index in [-0.39, 0.29) is 11.0 Å². The molecule has 1 atom stereocenters. The molecule has 0 aromatic carbocycles. The Balaban J connectivity index is 1.93. The lowest BCUT2D eigenvalue weighted by Gasteiger charge is -2.12. The van der Waals surface area contributed by atoms with Gasteiger partial charge in [0.15, 0.2) is 5.13 Å². The van der Waals surface area contributed by atoms with Gasteiger partial charge < -0.3 is 5.32 Å². The van der Waals surface area contributed by atoms with Crippen LogP contribution in [0, 0.1) is 10.1 Å². The Hall–Kier alpha value is -1.96. The Kier molecular flexibility index (Phi) is 3.33. The van der Waals surface area contributed by atoms with E-state index in [9.17, 15) is 10.1 Å². The molecule has 8 heteroatoms. The Morgan fingerprint density at radius 1 is 1.71 bits per heavy atom. The molecule has 0 aliphatic rings. The van der Waals surface area contributed by atoms with Gasteiger partial charge in [0.25, 0.3) is 0 Å². The summed E-state index contributed by atoms with van der Waals surface area (Å²) in [6, 6.07) is 1.95. The third-order valence-electron chi connectivity index (χ3n) is 2.06. The van der Waals surface area contributed by atoms with Crippen molar-refractivity contribution in [3.63, 3.8) is 0 Å². The molecule has 1 unspecified atom stereocenters. The number of anilines is 1. The fourth-order valence-corrected chi connectivity index (χ4v) is 2.11. The standard InChI is InChI=1S/C9H11N5O2S/c1-7(6-13-4-2-3-11-13)12-9-10-5-8(17-9)14(15)16/h2-5,7H,6H2,1H3,(H,10,12). The number of nitrogens with zero attached hydrogens (tertiary/aromatic N) is 4. The van der Waals surface area contributed by atoms with Crippen LogP contribution in [-0.4, -0.2) is 25.7 Å². The number of aromatic nitrogens is 3. The van der Waals surface area contributed by atoms with E-state index >= 15 is 0 Å². The molecule has 0 amide bonds. The number of hydrogen-bond donors (Lipinski definition) is 1. The van der Waals surface area contributed by atoms with E-state index in [4.69, 9.17) is 0 Å². The van der Waals surface area contributed by atoms with Gasteiger partial charge in [0.1, 0.15) is 6.20 Å². The van der Waals surface area contributed by atoms with Gasteiger partial charge in [0.05, 0.1) is 11.5 Å². The first-order valence-electron chi connectivity index (χ1n) is 4.99. The van der Waals surface area contributed by atoms with Crippen molar-refractivity contribution in [1.29, 1.82) is 0 Å². The van der Waals surface area contributed by atoms with Crippen molar-refractivity contribution >= 4 is 21.5 Å². The highest BCUT2D eigenvalue weighted by Crippen LogP contribution is 2.25. The van der Waals surface area contributed by atoms with Crippen molar-refractivity contribution in [2.45, 2.75) is 19.5 Å². The Labute approximate surface area is 101 Å². The summed E-state index contributed by atoms with van der Waals surface area (Å²) >= 11 is 1.03. The summed E-state index contributed by atoms with van der Waals surface area (Å²) in [5, 5.41) is 18.3. The zero-order valence-corrected chi connectivity index (χ0v) is 9.92. The van der Waals surface area contributed by atoms with Crippen LogP contribution in [0.25, 0.3) is 0 Å². The van der Waals surface area contributed by atoms with E-state index < -0.39 is 4.92 Å². The van der Waals surface area contributed by atoms with E-state index in [0.29, 0.717) is 11.7 Å². The monoisotopic (exact) mass is 253 g/mol. The van der Waals surface area contributed by atoms with Crippen molar-refractivity contribution < 1.29 is 4.92 Å². The third kappa shape index (κ3) is 3.00. The van der Waals surface area contributed by atoms with Gasteiger partial charge in [-0.25, -0.2) is 4.98 Å². The van der Waals surface area contributed by atoms with Crippen LogP contribution < -0.4 is 5.32 Å². The maximum absolute atomic E-state index is 10.5. The van der Waals surface area contributed by atoms with Crippen LogP contribution in [0.15, 0.2) is 24.7 Å². The second kappa shape index (κ2) is 4.91. The first kappa shape index (κ1) is 11.5. The van der Waals surface area contributed by atoms with Crippen LogP contribution in [0.5, 0.6) is 0 Å². The number of rotatable bonds is 5. The average molecular weight is 253 g/mol. The zero-order chi connectivity index (χ0) is 12.3. The summed E-state index contributed by atoms with van der Waals surface area (Å²) < 4.78 is 1.79. The van der Waals surface area contributed by atoms with E-state index in [1.54, 1.807) is 10.9 Å². The molecular formula is C9H11N5O2S. The van der Waals surface area contributed by atoms with Gasteiger partial charge in [-0.2, -0.15) is 5.10 Å². The summed E-state index contributed by atoms with van der Waals surface area (Å²) in [4.78, 5) is 14.0. The van der Waals surface area contributed by atoms with Crippen LogP contribution in [0.1, 0.15) is 6.92 Å². The van der Waals surface area contributed by atoms with Gasteiger partial charge in [0.2, 0.25) is 0 Å². The topological polar surface area (TPSA) is 85.9 Å². The molecule has 0 aliphatic carbocycles. The average Bonchev–Trinajstić information content (AvgIpc) is 2.88. The molecule has 2 heterocycles. The molecule has 90 valence electrons. The van der Waals surface area contributed by atoms with Crippen molar-refractivity contribution in [3.8, 4) is 0 Å². The first-order chi connectivity index (χ1) is 8.15. The summed E-state index contributed by atoms with van der Waals surface area (Å²) in [6.45, 7) is 2.65. The number of hydrogen-bond acceptors (Lipinski definition) is 6. The highest BCUT2D eigenvalue weighted by Gasteiger charge is 2.13. The van der Waals surface area contributed by atoms with Crippen LogP contribution >= 0.6 is 11.3 Å². The smallest absolute Gasteiger partial charge is 0.345 e. The van der Waals surface area contributed by atoms with Gasteiger partial charge in [-0.3, -0.25) is 14.8 Å². The molecule has 0 saturated carbocycles. The SMILES string of the molecule is CC(Cn1cccn1)Nc1ncc([N+](=O)[O-])s1. The lowest BCUT2D eigenvalue weighted by molar-refractivity contribution is -0.380. The quantitative estimate of drug-likeness (QED) is 0.648. The van der Waals surface area contributed by atoms with E-state index in [1.807, 2.05) is 19.2 Å². The number of thiazole rings is 1. The maximum Gasteiger partial charge on any atom is 0.345 e. The van der Waals surface area contributed by atoms with Crippen LogP contribution in [0.2, 0.25) is 0 Å². The molecule has 0 aliphatic heterocycles. The van der Waals surface area contributed by atoms with E-state index in [1.165, 1.54) is 6.20 Å². The first-order valence-corrected chi connectivity index (χ1v) is 5.81. The summed E-state index contributed by atoms with van der Waals surface area (Å²) in [7, 11) is 0. The minimum Gasteiger partial charge on any atom is -0.357 e. The van der Waals surface area contributed by atoms with E-state index in [0.717, 1.165) is 11.3 Å². The van der Waals surface area contributed by atoms with Crippen LogP contribution in [0.4, 0.5) is 10.1 Å². The lowest BCUT2D eigenvalue weighted by Crippen LogP contribution is -2.22. The molecule has 0 fully saturated rings. The molecule has 17 heavy (non-hydrogen) atoms. The molecule has 7 nitrogen and oxygen atoms in total. The highest BCUT2D eigenvalue weighted by atomic mass is 32.1. The van der Waals surface area contributed by atoms with Gasteiger partial charge in [0, 0.05) is 18.4 Å². The molecule has 0 spiro atoms. The van der Waals surface area contributed by atoms with Crippen molar-refractivity contribution in [2.24, 2.45) is 0 Å². The van der Waals surface area contributed by atoms with Crippen molar-refractivity contribution in [1.82, 2.24) is 14.8 Å². The molecule has 0 radical (unpaired) electrons. The highest BCUT2D eigenvalue weighted by molar-refractivity contribution is 7.18. The Morgan fingerprint density at radius 2 is 2.53 bits per heavy atom. The van der Waals surface area contributed by atoms with Crippen molar-refractivity contribution in [2.75, 3.05) is 5.32 Å². The van der Waals surface area contributed by atoms with Crippen molar-refractivity contribution in [3.05, 3.63) is 34.8 Å². The largest absolute Gasteiger partial charge is 0.357 e. The zero-order valence-electron chi connectivity index (χ0n) is 9.11. The molecule has 0 bridgehead atoms. The third-order valence-corrected chi connectivity index (χ3v) is 2.94. The van der Waals surface area contributed by atoms with E-state index in [2.05, 4.69) is 15.4 Å². The van der Waals surface area contributed by atoms with Crippen LogP contribution in [0.3, 0.4) is 0 Å². The fourth-order valence-electron chi connectivity index (χ4n) is 1.36. The van der Waals surface area contributed by atoms with Gasteiger partial charge >= 0.3 is 5.00 Å². The fraction of sp³-hybridized carbons (Fsp3) is 0.333. The number of nitrogens with one attached hydrogen (secondary N) is 1. The minimum atomic E-state index is -0.443. The summed E-state index contributed by atoms with van der Waals surface area (Å²) in [5.74, 6) is 0. The molecule has 2 aromatic rings.